The highest BCUT2D eigenvalue weighted by atomic mass is 33.1. The van der Waals surface area contributed by atoms with E-state index in [0.29, 0.717) is 17.5 Å². The molecule has 26 nitrogen and oxygen atoms in total. The summed E-state index contributed by atoms with van der Waals surface area (Å²) in [5, 5.41) is 17.9. The van der Waals surface area contributed by atoms with Crippen LogP contribution in [0.2, 0.25) is 0 Å². The molecule has 2 aromatic carbocycles. The Hall–Kier alpha value is -7.46. The topological polar surface area (TPSA) is 444 Å². The van der Waals surface area contributed by atoms with Gasteiger partial charge in [0.15, 0.2) is 5.96 Å². The first-order chi connectivity index (χ1) is 35.2. The maximum Gasteiger partial charge on any atom is 0.246 e. The third-order valence-electron chi connectivity index (χ3n) is 11.6. The van der Waals surface area contributed by atoms with Crippen LogP contribution in [0.15, 0.2) is 65.7 Å². The number of carbonyl (C=O) groups is 11. The highest BCUT2D eigenvalue weighted by Crippen LogP contribution is 2.26. The Kier molecular flexibility index (Phi) is 23.9. The molecule has 2 heterocycles. The van der Waals surface area contributed by atoms with Gasteiger partial charge in [0.25, 0.3) is 0 Å². The Morgan fingerprint density at radius 2 is 1.22 bits per heavy atom. The van der Waals surface area contributed by atoms with Gasteiger partial charge in [-0.2, -0.15) is 0 Å². The first-order valence-corrected chi connectivity index (χ1v) is 26.1. The van der Waals surface area contributed by atoms with E-state index in [1.165, 1.54) is 4.90 Å². The first kappa shape index (κ1) is 59.1. The molecule has 4 rings (SSSR count). The second-order valence-corrected chi connectivity index (χ2v) is 20.0. The highest BCUT2D eigenvalue weighted by molar-refractivity contribution is 8.76. The summed E-state index contributed by atoms with van der Waals surface area (Å²) < 4.78 is 0. The Bertz CT molecular complexity index is 2360. The predicted molar refractivity (Wildman–Crippen MR) is 274 cm³/mol. The van der Waals surface area contributed by atoms with Crippen molar-refractivity contribution in [1.82, 2.24) is 42.1 Å². The Balaban J connectivity index is 1.70. The Morgan fingerprint density at radius 1 is 0.676 bits per heavy atom. The smallest absolute Gasteiger partial charge is 0.246 e. The van der Waals surface area contributed by atoms with Gasteiger partial charge in [-0.1, -0.05) is 82.3 Å². The van der Waals surface area contributed by atoms with E-state index in [0.717, 1.165) is 21.6 Å². The van der Waals surface area contributed by atoms with Gasteiger partial charge in [0, 0.05) is 43.9 Å². The average molecular weight is 1070 g/mol. The molecule has 0 spiro atoms. The number of carbonyl (C=O) groups excluding carboxylic acids is 11. The van der Waals surface area contributed by atoms with Crippen molar-refractivity contribution in [3.8, 4) is 0 Å². The van der Waals surface area contributed by atoms with Crippen LogP contribution in [-0.2, 0) is 65.6 Å². The van der Waals surface area contributed by atoms with E-state index in [4.69, 9.17) is 34.4 Å². The number of aliphatic imine (C=N–C) groups is 1. The number of nitrogens with zero attached hydrogens (tertiary/aromatic N) is 2. The summed E-state index contributed by atoms with van der Waals surface area (Å²) in [6.45, 7) is -0.416. The summed E-state index contributed by atoms with van der Waals surface area (Å²) >= 11 is 0. The third kappa shape index (κ3) is 19.9. The van der Waals surface area contributed by atoms with E-state index in [1.807, 2.05) is 0 Å². The molecule has 2 fully saturated rings. The summed E-state index contributed by atoms with van der Waals surface area (Å²) in [6.07, 6.45) is -1.14. The molecule has 0 aromatic heterocycles. The molecule has 19 N–H and O–H groups in total. The van der Waals surface area contributed by atoms with Crippen LogP contribution in [0.4, 0.5) is 0 Å². The van der Waals surface area contributed by atoms with Crippen molar-refractivity contribution in [1.29, 1.82) is 0 Å². The van der Waals surface area contributed by atoms with Crippen molar-refractivity contribution in [2.75, 3.05) is 31.1 Å². The molecule has 0 radical (unpaired) electrons. The number of rotatable bonds is 19. The molecule has 2 aliphatic rings. The summed E-state index contributed by atoms with van der Waals surface area (Å²) in [6, 6.07) is 6.07. The molecule has 74 heavy (non-hydrogen) atoms. The van der Waals surface area contributed by atoms with E-state index in [-0.39, 0.29) is 62.7 Å². The number of benzene rings is 2. The molecule has 2 aromatic rings. The van der Waals surface area contributed by atoms with Crippen LogP contribution >= 0.6 is 21.6 Å². The molecule has 8 atom stereocenters. The molecule has 28 heteroatoms. The molecule has 2 saturated heterocycles. The summed E-state index contributed by atoms with van der Waals surface area (Å²) in [5.41, 5.74) is 34.6. The van der Waals surface area contributed by atoms with Gasteiger partial charge in [0.05, 0.1) is 19.0 Å². The molecule has 11 amide bonds. The van der Waals surface area contributed by atoms with E-state index in [9.17, 15) is 52.7 Å². The number of primary amides is 3. The van der Waals surface area contributed by atoms with Gasteiger partial charge in [-0.05, 0) is 43.2 Å². The highest BCUT2D eigenvalue weighted by Gasteiger charge is 2.40. The normalized spacial score (nSPS) is 22.7. The molecule has 0 unspecified atom stereocenters. The number of nitrogens with two attached hydrogens (primary N) is 6. The number of hydrogen-bond acceptors (Lipinski definition) is 15. The van der Waals surface area contributed by atoms with Crippen molar-refractivity contribution in [2.45, 2.75) is 106 Å². The molecule has 0 aliphatic carbocycles. The van der Waals surface area contributed by atoms with Crippen LogP contribution in [0.25, 0.3) is 0 Å². The van der Waals surface area contributed by atoms with Crippen LogP contribution in [-0.4, -0.2) is 155 Å². The fourth-order valence-electron chi connectivity index (χ4n) is 7.78. The quantitative estimate of drug-likeness (QED) is 0.0271. The van der Waals surface area contributed by atoms with Crippen molar-refractivity contribution in [2.24, 2.45) is 39.4 Å². The minimum absolute atomic E-state index is 0.00960. The molecule has 0 saturated carbocycles. The Morgan fingerprint density at radius 3 is 1.78 bits per heavy atom. The largest absolute Gasteiger partial charge is 0.370 e. The number of guanidine groups is 1. The van der Waals surface area contributed by atoms with Gasteiger partial charge in [-0.3, -0.25) is 57.7 Å². The summed E-state index contributed by atoms with van der Waals surface area (Å²) in [4.78, 5) is 153. The monoisotopic (exact) mass is 1070 g/mol. The number of amides is 11. The standard InChI is InChI=1S/C46H65N15O11S2/c47-27-23-73-74-24-33(45(72)61-18-8-14-34(61)44(71)56-28(13-7-17-53-46(51)52)39(66)54-22-37(50)64)60-43(70)32(21-36(49)63)59-40(67)29(15-16-35(48)62)55-41(68)31(20-26-11-5-2-6-12-26)58-42(69)30(57-38(27)65)19-25-9-3-1-4-10-25/h1-6,9-12,27-34H,7-8,13-24,47H2,(H2,48,62)(H2,49,63)(H2,50,64)(H,54,66)(H,55,68)(H,56,71)(H,57,65)(H,58,69)(H,59,67)(H,60,70)(H4,51,52,53)/t27-,28+,29-,30-,31-,32-,33-,34-/m0/s1. The van der Waals surface area contributed by atoms with Crippen molar-refractivity contribution < 1.29 is 52.7 Å². The third-order valence-corrected chi connectivity index (χ3v) is 14.0. The van der Waals surface area contributed by atoms with Crippen LogP contribution in [0, 0.1) is 0 Å². The van der Waals surface area contributed by atoms with Gasteiger partial charge in [0.2, 0.25) is 65.0 Å². The minimum Gasteiger partial charge on any atom is -0.370 e. The van der Waals surface area contributed by atoms with Crippen molar-refractivity contribution >= 4 is 92.5 Å². The minimum atomic E-state index is -1.78. The van der Waals surface area contributed by atoms with Crippen LogP contribution < -0.4 is 71.6 Å². The molecule has 2 aliphatic heterocycles. The summed E-state index contributed by atoms with van der Waals surface area (Å²) in [5.74, 6) is -10.2. The second-order valence-electron chi connectivity index (χ2n) is 17.4. The SMILES string of the molecule is NC(=O)CC[C@@H]1NC(=O)[C@H](Cc2ccccc2)NC(=O)[C@H](Cc2ccccc2)NC(=O)[C@@H](N)CSSC[C@@H](C(=O)N2CCC[C@H]2C(=O)N[C@H](CCCN=C(N)N)C(=O)NCC(N)=O)NC(=O)[C@H](CC(N)=O)NC1=O. The van der Waals surface area contributed by atoms with Crippen molar-refractivity contribution in [3.05, 3.63) is 71.8 Å². The zero-order valence-corrected chi connectivity index (χ0v) is 42.1. The van der Waals surface area contributed by atoms with Gasteiger partial charge < -0.3 is 76.5 Å². The molecular formula is C46H65N15O11S2. The zero-order valence-electron chi connectivity index (χ0n) is 40.5. The lowest BCUT2D eigenvalue weighted by Gasteiger charge is -2.31. The lowest BCUT2D eigenvalue weighted by molar-refractivity contribution is -0.142. The van der Waals surface area contributed by atoms with Gasteiger partial charge in [-0.25, -0.2) is 0 Å². The lowest BCUT2D eigenvalue weighted by Crippen LogP contribution is -2.61. The number of nitrogens with one attached hydrogen (secondary N) is 7. The van der Waals surface area contributed by atoms with Crippen LogP contribution in [0.1, 0.15) is 56.1 Å². The van der Waals surface area contributed by atoms with Crippen molar-refractivity contribution in [3.63, 3.8) is 0 Å². The predicted octanol–water partition coefficient (Wildman–Crippen LogP) is -5.11. The number of likely N-dealkylation sites (tertiary alicyclic amines) is 1. The van der Waals surface area contributed by atoms with E-state index >= 15 is 0 Å². The van der Waals surface area contributed by atoms with Crippen LogP contribution in [0.5, 0.6) is 0 Å². The van der Waals surface area contributed by atoms with Gasteiger partial charge >= 0.3 is 0 Å². The summed E-state index contributed by atoms with van der Waals surface area (Å²) in [7, 11) is 2.04. The Labute approximate surface area is 434 Å². The van der Waals surface area contributed by atoms with Gasteiger partial charge in [0.1, 0.15) is 42.3 Å². The van der Waals surface area contributed by atoms with E-state index in [1.54, 1.807) is 60.7 Å². The maximum absolute atomic E-state index is 14.6. The molecular weight excluding hydrogens is 1000 g/mol. The second kappa shape index (κ2) is 29.9. The first-order valence-electron chi connectivity index (χ1n) is 23.6. The zero-order chi connectivity index (χ0) is 54.3. The lowest BCUT2D eigenvalue weighted by atomic mass is 10.0. The van der Waals surface area contributed by atoms with E-state index < -0.39 is 139 Å². The fourth-order valence-corrected chi connectivity index (χ4v) is 10.1. The maximum atomic E-state index is 14.6. The van der Waals surface area contributed by atoms with E-state index in [2.05, 4.69) is 42.2 Å². The average Bonchev–Trinajstić information content (AvgIpc) is 3.86. The van der Waals surface area contributed by atoms with Crippen LogP contribution in [0.3, 0.4) is 0 Å². The molecule has 0 bridgehead atoms. The van der Waals surface area contributed by atoms with Gasteiger partial charge in [-0.15, -0.1) is 0 Å². The molecule has 402 valence electrons. The number of hydrogen-bond donors (Lipinski definition) is 13. The fraction of sp³-hybridized carbons (Fsp3) is 0.478.